The number of ketones is 1. The van der Waals surface area contributed by atoms with Crippen LogP contribution in [0.5, 0.6) is 0 Å². The zero-order valence-corrected chi connectivity index (χ0v) is 17.8. The second-order valence-corrected chi connectivity index (χ2v) is 8.47. The van der Waals surface area contributed by atoms with Crippen molar-refractivity contribution < 1.29 is 18.0 Å². The van der Waals surface area contributed by atoms with Crippen molar-refractivity contribution in [2.45, 2.75) is 23.9 Å². The fourth-order valence-corrected chi connectivity index (χ4v) is 4.05. The smallest absolute Gasteiger partial charge is 0.192 e. The molecule has 0 radical (unpaired) electrons. The highest BCUT2D eigenvalue weighted by molar-refractivity contribution is 8.00. The molecule has 0 aliphatic rings. The summed E-state index contributed by atoms with van der Waals surface area (Å²) >= 11 is 7.13. The second-order valence-electron chi connectivity index (χ2n) is 6.73. The number of carbonyl (C=O) groups is 1. The first-order valence-corrected chi connectivity index (χ1v) is 10.6. The quantitative estimate of drug-likeness (QED) is 0.255. The fraction of sp³-hybridized carbons (Fsp3) is 0.136. The zero-order chi connectivity index (χ0) is 22.0. The maximum atomic E-state index is 14.1. The summed E-state index contributed by atoms with van der Waals surface area (Å²) in [5.41, 5.74) is 0.621. The van der Waals surface area contributed by atoms with Gasteiger partial charge in [0.1, 0.15) is 17.4 Å². The Morgan fingerprint density at radius 1 is 1.16 bits per heavy atom. The summed E-state index contributed by atoms with van der Waals surface area (Å²) in [7, 11) is 0. The molecule has 0 fully saturated rings. The van der Waals surface area contributed by atoms with Crippen LogP contribution in [-0.2, 0) is 6.54 Å². The highest BCUT2D eigenvalue weighted by Crippen LogP contribution is 2.30. The van der Waals surface area contributed by atoms with Gasteiger partial charge in [-0.05, 0) is 55.5 Å². The van der Waals surface area contributed by atoms with E-state index < -0.39 is 22.7 Å². The number of hydrogen-bond acceptors (Lipinski definition) is 5. The normalized spacial score (nSPS) is 12.1. The van der Waals surface area contributed by atoms with Gasteiger partial charge in [-0.15, -0.1) is 10.2 Å². The van der Waals surface area contributed by atoms with Gasteiger partial charge in [0.25, 0.3) is 0 Å². The number of thioether (sulfide) groups is 1. The van der Waals surface area contributed by atoms with Crippen molar-refractivity contribution in [1.29, 1.82) is 0 Å². The van der Waals surface area contributed by atoms with Crippen LogP contribution in [0.1, 0.15) is 23.0 Å². The highest BCUT2D eigenvalue weighted by atomic mass is 35.5. The van der Waals surface area contributed by atoms with Crippen molar-refractivity contribution in [1.82, 2.24) is 14.8 Å². The lowest BCUT2D eigenvalue weighted by Gasteiger charge is -2.13. The summed E-state index contributed by atoms with van der Waals surface area (Å²) in [5.74, 6) is -0.844. The molecule has 5 nitrogen and oxygen atoms in total. The summed E-state index contributed by atoms with van der Waals surface area (Å²) in [6.45, 7) is 1.98. The van der Waals surface area contributed by atoms with Crippen LogP contribution in [-0.4, -0.2) is 25.8 Å². The molecular formula is C22H16ClF2N3O2S. The van der Waals surface area contributed by atoms with Crippen molar-refractivity contribution in [3.8, 4) is 11.4 Å². The van der Waals surface area contributed by atoms with Gasteiger partial charge in [0.2, 0.25) is 0 Å². The molecule has 4 rings (SSSR count). The van der Waals surface area contributed by atoms with Crippen molar-refractivity contribution in [2.75, 3.05) is 0 Å². The molecule has 2 heterocycles. The SMILES string of the molecule is CC(Sc1nnc(-c2ccc(Cl)cc2)n1Cc1ccco1)C(=O)c1ccc(F)cc1F. The zero-order valence-electron chi connectivity index (χ0n) is 16.3. The number of rotatable bonds is 7. The molecule has 4 aromatic rings. The third kappa shape index (κ3) is 4.70. The number of furan rings is 1. The first-order chi connectivity index (χ1) is 14.9. The lowest BCUT2D eigenvalue weighted by atomic mass is 10.1. The molecular weight excluding hydrogens is 444 g/mol. The van der Waals surface area contributed by atoms with Gasteiger partial charge < -0.3 is 4.42 Å². The molecule has 0 saturated carbocycles. The minimum atomic E-state index is -0.892. The largest absolute Gasteiger partial charge is 0.467 e. The average molecular weight is 460 g/mol. The standard InChI is InChI=1S/C22H16ClF2N3O2S/c1-13(20(29)18-9-8-16(24)11-19(18)25)31-22-27-26-21(14-4-6-15(23)7-5-14)28(22)12-17-3-2-10-30-17/h2-11,13H,12H2,1H3. The van der Waals surface area contributed by atoms with Gasteiger partial charge in [0, 0.05) is 16.7 Å². The van der Waals surface area contributed by atoms with Gasteiger partial charge in [-0.2, -0.15) is 0 Å². The van der Waals surface area contributed by atoms with E-state index in [4.69, 9.17) is 16.0 Å². The molecule has 158 valence electrons. The number of aromatic nitrogens is 3. The molecule has 1 atom stereocenters. The molecule has 0 N–H and O–H groups in total. The van der Waals surface area contributed by atoms with Crippen LogP contribution in [0.25, 0.3) is 11.4 Å². The Kier molecular flexibility index (Phi) is 6.20. The molecule has 0 bridgehead atoms. The van der Waals surface area contributed by atoms with E-state index in [2.05, 4.69) is 10.2 Å². The summed E-state index contributed by atoms with van der Waals surface area (Å²) in [6, 6.07) is 13.6. The van der Waals surface area contributed by atoms with Gasteiger partial charge in [-0.1, -0.05) is 23.4 Å². The van der Waals surface area contributed by atoms with Crippen LogP contribution in [0.15, 0.2) is 70.4 Å². The predicted octanol–water partition coefficient (Wildman–Crippen LogP) is 5.88. The Morgan fingerprint density at radius 2 is 1.94 bits per heavy atom. The Balaban J connectivity index is 1.65. The van der Waals surface area contributed by atoms with Crippen LogP contribution in [0, 0.1) is 11.6 Å². The van der Waals surface area contributed by atoms with Crippen molar-refractivity contribution in [3.05, 3.63) is 88.8 Å². The summed E-state index contributed by atoms with van der Waals surface area (Å²) < 4.78 is 34.5. The van der Waals surface area contributed by atoms with Crippen molar-refractivity contribution in [2.24, 2.45) is 0 Å². The van der Waals surface area contributed by atoms with Crippen LogP contribution >= 0.6 is 23.4 Å². The maximum absolute atomic E-state index is 14.1. The number of carbonyl (C=O) groups excluding carboxylic acids is 1. The first kappa shape index (κ1) is 21.3. The summed E-state index contributed by atoms with van der Waals surface area (Å²) in [5, 5.41) is 8.90. The minimum Gasteiger partial charge on any atom is -0.467 e. The molecule has 0 saturated heterocycles. The Hall–Kier alpha value is -2.97. The maximum Gasteiger partial charge on any atom is 0.192 e. The number of halogens is 3. The first-order valence-electron chi connectivity index (χ1n) is 9.30. The Morgan fingerprint density at radius 3 is 2.61 bits per heavy atom. The monoisotopic (exact) mass is 459 g/mol. The van der Waals surface area contributed by atoms with Gasteiger partial charge in [-0.25, -0.2) is 8.78 Å². The van der Waals surface area contributed by atoms with Gasteiger partial charge >= 0.3 is 0 Å². The third-order valence-corrected chi connectivity index (χ3v) is 5.89. The van der Waals surface area contributed by atoms with Gasteiger partial charge in [0.05, 0.1) is 23.6 Å². The van der Waals surface area contributed by atoms with Crippen LogP contribution in [0.2, 0.25) is 5.02 Å². The summed E-state index contributed by atoms with van der Waals surface area (Å²) in [6.07, 6.45) is 1.57. The molecule has 0 amide bonds. The lowest BCUT2D eigenvalue weighted by Crippen LogP contribution is -2.16. The van der Waals surface area contributed by atoms with E-state index in [0.717, 1.165) is 29.5 Å². The summed E-state index contributed by atoms with van der Waals surface area (Å²) in [4.78, 5) is 12.7. The van der Waals surface area contributed by atoms with Gasteiger partial charge in [0.15, 0.2) is 16.8 Å². The molecule has 0 spiro atoms. The van der Waals surface area contributed by atoms with E-state index in [-0.39, 0.29) is 5.56 Å². The van der Waals surface area contributed by atoms with Crippen molar-refractivity contribution in [3.63, 3.8) is 0 Å². The predicted molar refractivity (Wildman–Crippen MR) is 114 cm³/mol. The van der Waals surface area contributed by atoms with Crippen LogP contribution < -0.4 is 0 Å². The van der Waals surface area contributed by atoms with E-state index >= 15 is 0 Å². The van der Waals surface area contributed by atoms with Crippen LogP contribution in [0.4, 0.5) is 8.78 Å². The Bertz CT molecular complexity index is 1210. The van der Waals surface area contributed by atoms with E-state index in [1.807, 2.05) is 22.8 Å². The van der Waals surface area contributed by atoms with E-state index in [0.29, 0.717) is 34.4 Å². The third-order valence-electron chi connectivity index (χ3n) is 4.56. The molecule has 1 unspecified atom stereocenters. The number of hydrogen-bond donors (Lipinski definition) is 0. The number of nitrogens with zero attached hydrogens (tertiary/aromatic N) is 3. The fourth-order valence-electron chi connectivity index (χ4n) is 3.01. The lowest BCUT2D eigenvalue weighted by molar-refractivity contribution is 0.0990. The van der Waals surface area contributed by atoms with E-state index in [1.165, 1.54) is 0 Å². The molecule has 31 heavy (non-hydrogen) atoms. The molecule has 9 heteroatoms. The number of benzene rings is 2. The van der Waals surface area contributed by atoms with E-state index in [9.17, 15) is 13.6 Å². The highest BCUT2D eigenvalue weighted by Gasteiger charge is 2.24. The Labute approximate surface area is 186 Å². The molecule has 0 aliphatic heterocycles. The van der Waals surface area contributed by atoms with E-state index in [1.54, 1.807) is 31.4 Å². The molecule has 2 aromatic carbocycles. The number of Topliss-reactive ketones (excluding diaryl/α,β-unsaturated/α-hetero) is 1. The molecule has 2 aromatic heterocycles. The minimum absolute atomic E-state index is 0.170. The second kappa shape index (κ2) is 9.03. The van der Waals surface area contributed by atoms with Gasteiger partial charge in [-0.3, -0.25) is 9.36 Å². The molecule has 0 aliphatic carbocycles. The van der Waals surface area contributed by atoms with Crippen molar-refractivity contribution >= 4 is 29.1 Å². The average Bonchev–Trinajstić information content (AvgIpc) is 3.39. The topological polar surface area (TPSA) is 60.9 Å². The van der Waals surface area contributed by atoms with Crippen LogP contribution in [0.3, 0.4) is 0 Å².